The monoisotopic (exact) mass is 320 g/mol. The second-order valence-electron chi connectivity index (χ2n) is 6.43. The molecule has 120 valence electrons. The van der Waals surface area contributed by atoms with Crippen LogP contribution in [0.5, 0.6) is 0 Å². The molecule has 9 heteroatoms. The van der Waals surface area contributed by atoms with Crippen molar-refractivity contribution in [1.82, 2.24) is 4.90 Å². The van der Waals surface area contributed by atoms with Gasteiger partial charge < -0.3 is 10.6 Å². The molecule has 0 rings (SSSR count). The molecule has 0 aromatic rings. The highest BCUT2D eigenvalue weighted by atomic mass is 35.5. The highest BCUT2D eigenvalue weighted by molar-refractivity contribution is 6.28. The average molecular weight is 321 g/mol. The number of nitrogens with two attached hydrogens (primary N) is 1. The largest absolute Gasteiger partial charge is 0.380 e. The predicted molar refractivity (Wildman–Crippen MR) is 80.5 cm³/mol. The minimum Gasteiger partial charge on any atom is -0.380 e. The van der Waals surface area contributed by atoms with Gasteiger partial charge in [0.15, 0.2) is 5.82 Å². The first-order valence-corrected chi connectivity index (χ1v) is 6.53. The number of allylic oxidation sites excluding steroid dienone is 1. The van der Waals surface area contributed by atoms with Crippen molar-refractivity contribution < 1.29 is 9.85 Å². The molecule has 0 aliphatic carbocycles. The molecule has 0 amide bonds. The van der Waals surface area contributed by atoms with Crippen molar-refractivity contribution in [3.63, 3.8) is 0 Å². The third-order valence-corrected chi connectivity index (χ3v) is 2.72. The number of rotatable bonds is 4. The Balaban J connectivity index is 6.25. The van der Waals surface area contributed by atoms with Crippen LogP contribution in [0.3, 0.4) is 0 Å². The van der Waals surface area contributed by atoms with Crippen LogP contribution in [-0.4, -0.2) is 25.8 Å². The molecule has 0 bridgehead atoms. The van der Waals surface area contributed by atoms with Gasteiger partial charge in [-0.3, -0.25) is 20.2 Å². The van der Waals surface area contributed by atoms with Crippen LogP contribution in [0.4, 0.5) is 0 Å². The molecule has 0 heterocycles. The van der Waals surface area contributed by atoms with Gasteiger partial charge in [0.2, 0.25) is 0 Å². The van der Waals surface area contributed by atoms with Crippen LogP contribution in [0.1, 0.15) is 41.5 Å². The van der Waals surface area contributed by atoms with E-state index >= 15 is 0 Å². The fourth-order valence-electron chi connectivity index (χ4n) is 2.23. The molecule has 2 N–H and O–H groups in total. The summed E-state index contributed by atoms with van der Waals surface area (Å²) in [7, 11) is 0. The summed E-state index contributed by atoms with van der Waals surface area (Å²) in [4.78, 5) is 21.6. The predicted octanol–water partition coefficient (Wildman–Crippen LogP) is 2.65. The topological polar surface area (TPSA) is 116 Å². The Kier molecular flexibility index (Phi) is 5.75. The second kappa shape index (κ2) is 6.30. The molecular formula is C12H21ClN4O4. The average Bonchev–Trinajstić information content (AvgIpc) is 2.19. The summed E-state index contributed by atoms with van der Waals surface area (Å²) >= 11 is 5.38. The normalized spacial score (nSPS) is 14.5. The van der Waals surface area contributed by atoms with Crippen LogP contribution in [0, 0.1) is 20.2 Å². The number of hydrogen-bond acceptors (Lipinski definition) is 6. The zero-order valence-corrected chi connectivity index (χ0v) is 13.8. The summed E-state index contributed by atoms with van der Waals surface area (Å²) in [6.07, 6.45) is 0.654. The standard InChI is InChI=1S/C12H21ClN4O4/c1-11(2,3)15(12(4,5)6)10(14)8(16(18)19)7-9(13)17(20)21/h7H,14H2,1-6H3/b9-7+,10-8-. The zero-order chi connectivity index (χ0) is 17.2. The fraction of sp³-hybridized carbons (Fsp3) is 0.667. The van der Waals surface area contributed by atoms with E-state index in [0.717, 1.165) is 0 Å². The first kappa shape index (κ1) is 19.2. The Morgan fingerprint density at radius 1 is 1.05 bits per heavy atom. The molecule has 0 radical (unpaired) electrons. The van der Waals surface area contributed by atoms with E-state index in [-0.39, 0.29) is 5.82 Å². The Morgan fingerprint density at radius 3 is 1.67 bits per heavy atom. The molecule has 0 saturated carbocycles. The van der Waals surface area contributed by atoms with Gasteiger partial charge in [-0.2, -0.15) is 0 Å². The Bertz CT molecular complexity index is 486. The van der Waals surface area contributed by atoms with Crippen LogP contribution >= 0.6 is 11.6 Å². The van der Waals surface area contributed by atoms with E-state index in [0.29, 0.717) is 6.08 Å². The van der Waals surface area contributed by atoms with E-state index in [1.165, 1.54) is 0 Å². The smallest absolute Gasteiger partial charge is 0.344 e. The maximum atomic E-state index is 11.2. The number of halogens is 1. The third kappa shape index (κ3) is 5.22. The maximum absolute atomic E-state index is 11.2. The Hall–Kier alpha value is -1.83. The molecule has 0 aliphatic heterocycles. The Morgan fingerprint density at radius 2 is 1.43 bits per heavy atom. The van der Waals surface area contributed by atoms with Gasteiger partial charge in [-0.1, -0.05) is 0 Å². The number of nitro groups is 2. The minimum atomic E-state index is -0.920. The van der Waals surface area contributed by atoms with E-state index < -0.39 is 31.8 Å². The van der Waals surface area contributed by atoms with Crippen LogP contribution in [0.2, 0.25) is 0 Å². The van der Waals surface area contributed by atoms with Crippen molar-refractivity contribution in [2.75, 3.05) is 0 Å². The highest BCUT2D eigenvalue weighted by Gasteiger charge is 2.36. The highest BCUT2D eigenvalue weighted by Crippen LogP contribution is 2.29. The van der Waals surface area contributed by atoms with Gasteiger partial charge in [-0.05, 0) is 53.1 Å². The summed E-state index contributed by atoms with van der Waals surface area (Å²) in [5, 5.41) is 20.9. The lowest BCUT2D eigenvalue weighted by atomic mass is 9.96. The van der Waals surface area contributed by atoms with Crippen LogP contribution in [0.15, 0.2) is 22.8 Å². The molecular weight excluding hydrogens is 300 g/mol. The molecule has 8 nitrogen and oxygen atoms in total. The first-order chi connectivity index (χ1) is 9.19. The lowest BCUT2D eigenvalue weighted by molar-refractivity contribution is -0.429. The molecule has 21 heavy (non-hydrogen) atoms. The summed E-state index contributed by atoms with van der Waals surface area (Å²) in [5.41, 5.74) is 4.25. The molecule has 0 fully saturated rings. The van der Waals surface area contributed by atoms with Crippen molar-refractivity contribution in [3.05, 3.63) is 43.0 Å². The summed E-state index contributed by atoms with van der Waals surface area (Å²) in [6.45, 7) is 11.0. The van der Waals surface area contributed by atoms with Crippen molar-refractivity contribution in [1.29, 1.82) is 0 Å². The van der Waals surface area contributed by atoms with Gasteiger partial charge in [0.1, 0.15) is 6.08 Å². The van der Waals surface area contributed by atoms with Crippen molar-refractivity contribution in [3.8, 4) is 0 Å². The second-order valence-corrected chi connectivity index (χ2v) is 6.82. The van der Waals surface area contributed by atoms with Crippen LogP contribution in [-0.2, 0) is 0 Å². The lowest BCUT2D eigenvalue weighted by Crippen LogP contribution is -2.54. The Labute approximate surface area is 128 Å². The molecule has 0 saturated heterocycles. The van der Waals surface area contributed by atoms with Crippen molar-refractivity contribution in [2.24, 2.45) is 5.73 Å². The summed E-state index contributed by atoms with van der Waals surface area (Å²) < 4.78 is 0. The number of hydrogen-bond donors (Lipinski definition) is 1. The number of nitrogens with zero attached hydrogens (tertiary/aromatic N) is 3. The zero-order valence-electron chi connectivity index (χ0n) is 13.0. The molecule has 0 aromatic heterocycles. The summed E-state index contributed by atoms with van der Waals surface area (Å²) in [5.74, 6) is -0.181. The van der Waals surface area contributed by atoms with Gasteiger partial charge >= 0.3 is 10.9 Å². The fourth-order valence-corrected chi connectivity index (χ4v) is 2.33. The quantitative estimate of drug-likeness (QED) is 0.368. The molecule has 0 spiro atoms. The molecule has 0 atom stereocenters. The van der Waals surface area contributed by atoms with E-state index in [1.807, 2.05) is 41.5 Å². The minimum absolute atomic E-state index is 0.181. The third-order valence-electron chi connectivity index (χ3n) is 2.47. The van der Waals surface area contributed by atoms with Gasteiger partial charge in [0.05, 0.1) is 9.85 Å². The van der Waals surface area contributed by atoms with E-state index in [4.69, 9.17) is 17.3 Å². The maximum Gasteiger partial charge on any atom is 0.344 e. The molecule has 0 aliphatic rings. The van der Waals surface area contributed by atoms with E-state index in [1.54, 1.807) is 4.90 Å². The van der Waals surface area contributed by atoms with Gasteiger partial charge in [0.25, 0.3) is 0 Å². The van der Waals surface area contributed by atoms with Crippen molar-refractivity contribution in [2.45, 2.75) is 52.6 Å². The van der Waals surface area contributed by atoms with Crippen LogP contribution < -0.4 is 5.73 Å². The van der Waals surface area contributed by atoms with Gasteiger partial charge in [-0.15, -0.1) is 0 Å². The SMILES string of the molecule is CC(C)(C)N(/C(N)=C(/C=C(\Cl)[N+](=O)[O-])[N+](=O)[O-])C(C)(C)C. The van der Waals surface area contributed by atoms with Crippen LogP contribution in [0.25, 0.3) is 0 Å². The van der Waals surface area contributed by atoms with E-state index in [2.05, 4.69) is 0 Å². The summed E-state index contributed by atoms with van der Waals surface area (Å²) in [6, 6.07) is 0. The lowest BCUT2D eigenvalue weighted by Gasteiger charge is -2.46. The molecule has 0 aromatic carbocycles. The first-order valence-electron chi connectivity index (χ1n) is 6.15. The van der Waals surface area contributed by atoms with E-state index in [9.17, 15) is 20.2 Å². The van der Waals surface area contributed by atoms with Crippen molar-refractivity contribution >= 4 is 11.6 Å². The molecule has 0 unspecified atom stereocenters. The van der Waals surface area contributed by atoms with Gasteiger partial charge in [0, 0.05) is 11.1 Å². The van der Waals surface area contributed by atoms with Gasteiger partial charge in [-0.25, -0.2) is 0 Å².